The zero-order valence-electron chi connectivity index (χ0n) is 13.8. The number of hydrogen-bond donors (Lipinski definition) is 3. The molecule has 0 aromatic heterocycles. The van der Waals surface area contributed by atoms with E-state index in [2.05, 4.69) is 9.98 Å². The summed E-state index contributed by atoms with van der Waals surface area (Å²) in [7, 11) is 1.40. The summed E-state index contributed by atoms with van der Waals surface area (Å²) in [5.74, 6) is -0.615. The molecule has 0 saturated heterocycles. The number of halogens is 1. The molecule has 8 nitrogen and oxygen atoms in total. The summed E-state index contributed by atoms with van der Waals surface area (Å²) in [6.07, 6.45) is 4.56. The van der Waals surface area contributed by atoms with Gasteiger partial charge in [-0.05, 0) is 31.7 Å². The standard InChI is InChI=1S/C16H20ClN5O3/c1-25-12-8-11(10(17)7-9(12)13(23)24)22-15(19)20-14(18)21-16(22)5-3-2-4-6-16/h7-8H,2-6H2,1H3,(H,23,24)(H4,18,19,20,21). The van der Waals surface area contributed by atoms with E-state index in [0.717, 1.165) is 32.1 Å². The Morgan fingerprint density at radius 1 is 1.32 bits per heavy atom. The van der Waals surface area contributed by atoms with E-state index in [1.165, 1.54) is 13.2 Å². The van der Waals surface area contributed by atoms with Crippen LogP contribution in [0.4, 0.5) is 5.69 Å². The molecular formula is C16H20ClN5O3. The Labute approximate surface area is 150 Å². The Morgan fingerprint density at radius 3 is 2.60 bits per heavy atom. The average Bonchev–Trinajstić information content (AvgIpc) is 2.55. The van der Waals surface area contributed by atoms with Crippen LogP contribution >= 0.6 is 11.6 Å². The third-order valence-corrected chi connectivity index (χ3v) is 4.89. The molecule has 0 radical (unpaired) electrons. The highest BCUT2D eigenvalue weighted by atomic mass is 35.5. The van der Waals surface area contributed by atoms with Gasteiger partial charge in [0.15, 0.2) is 0 Å². The van der Waals surface area contributed by atoms with E-state index in [1.807, 2.05) is 0 Å². The number of guanidine groups is 2. The number of carbonyl (C=O) groups is 1. The van der Waals surface area contributed by atoms with Gasteiger partial charge in [-0.25, -0.2) is 9.79 Å². The second-order valence-electron chi connectivity index (χ2n) is 6.13. The first-order valence-electron chi connectivity index (χ1n) is 7.98. The molecule has 1 spiro atoms. The highest BCUT2D eigenvalue weighted by molar-refractivity contribution is 6.34. The van der Waals surface area contributed by atoms with Crippen LogP contribution < -0.4 is 21.1 Å². The van der Waals surface area contributed by atoms with Gasteiger partial charge in [-0.3, -0.25) is 4.90 Å². The number of ether oxygens (including phenoxy) is 1. The second kappa shape index (κ2) is 6.44. The minimum Gasteiger partial charge on any atom is -0.496 e. The van der Waals surface area contributed by atoms with Crippen molar-refractivity contribution in [2.75, 3.05) is 12.0 Å². The smallest absolute Gasteiger partial charge is 0.339 e. The van der Waals surface area contributed by atoms with Crippen molar-refractivity contribution in [3.63, 3.8) is 0 Å². The molecule has 1 fully saturated rings. The first-order chi connectivity index (χ1) is 11.9. The number of hydrogen-bond acceptors (Lipinski definition) is 7. The molecule has 0 amide bonds. The maximum Gasteiger partial charge on any atom is 0.339 e. The lowest BCUT2D eigenvalue weighted by molar-refractivity contribution is 0.0693. The molecule has 1 aromatic rings. The van der Waals surface area contributed by atoms with Crippen LogP contribution in [0.3, 0.4) is 0 Å². The summed E-state index contributed by atoms with van der Waals surface area (Å²) in [4.78, 5) is 21.8. The lowest BCUT2D eigenvalue weighted by Gasteiger charge is -2.45. The van der Waals surface area contributed by atoms with Crippen LogP contribution in [0.1, 0.15) is 42.5 Å². The third kappa shape index (κ3) is 2.97. The van der Waals surface area contributed by atoms with Crippen molar-refractivity contribution in [2.45, 2.75) is 37.8 Å². The van der Waals surface area contributed by atoms with Crippen molar-refractivity contribution in [1.29, 1.82) is 0 Å². The van der Waals surface area contributed by atoms with E-state index in [0.29, 0.717) is 5.69 Å². The van der Waals surface area contributed by atoms with Crippen molar-refractivity contribution >= 4 is 35.2 Å². The molecule has 1 aliphatic carbocycles. The number of aromatic carboxylic acids is 1. The van der Waals surface area contributed by atoms with Gasteiger partial charge < -0.3 is 21.3 Å². The van der Waals surface area contributed by atoms with Gasteiger partial charge in [0.05, 0.1) is 17.8 Å². The summed E-state index contributed by atoms with van der Waals surface area (Å²) < 4.78 is 5.22. The Bertz CT molecular complexity index is 771. The second-order valence-corrected chi connectivity index (χ2v) is 6.53. The highest BCUT2D eigenvalue weighted by Gasteiger charge is 2.43. The lowest BCUT2D eigenvalue weighted by atomic mass is 9.87. The predicted octanol–water partition coefficient (Wildman–Crippen LogP) is 2.16. The summed E-state index contributed by atoms with van der Waals surface area (Å²) in [6, 6.07) is 2.91. The van der Waals surface area contributed by atoms with Gasteiger partial charge in [-0.15, -0.1) is 0 Å². The molecule has 1 aliphatic heterocycles. The van der Waals surface area contributed by atoms with E-state index in [1.54, 1.807) is 11.0 Å². The molecule has 134 valence electrons. The maximum absolute atomic E-state index is 11.4. The summed E-state index contributed by atoms with van der Waals surface area (Å²) in [6.45, 7) is 0. The zero-order valence-corrected chi connectivity index (χ0v) is 14.6. The first kappa shape index (κ1) is 17.3. The van der Waals surface area contributed by atoms with Crippen LogP contribution in [0, 0.1) is 0 Å². The number of carboxylic acids is 1. The number of nitrogens with zero attached hydrogens (tertiary/aromatic N) is 3. The number of anilines is 1. The monoisotopic (exact) mass is 365 g/mol. The van der Waals surface area contributed by atoms with Crippen molar-refractivity contribution in [3.05, 3.63) is 22.7 Å². The van der Waals surface area contributed by atoms with E-state index < -0.39 is 11.6 Å². The normalized spacial score (nSPS) is 19.4. The third-order valence-electron chi connectivity index (χ3n) is 4.59. The topological polar surface area (TPSA) is 127 Å². The van der Waals surface area contributed by atoms with Crippen LogP contribution in [0.2, 0.25) is 5.02 Å². The van der Waals surface area contributed by atoms with E-state index in [-0.39, 0.29) is 28.3 Å². The molecule has 5 N–H and O–H groups in total. The van der Waals surface area contributed by atoms with Crippen LogP contribution in [0.15, 0.2) is 22.1 Å². The number of carboxylic acid groups (broad SMARTS) is 1. The molecule has 25 heavy (non-hydrogen) atoms. The number of aliphatic imine (C=N–C) groups is 2. The largest absolute Gasteiger partial charge is 0.496 e. The SMILES string of the molecule is COc1cc(N2C(N)=NC(N)=NC23CCCCC3)c(Cl)cc1C(=O)O. The van der Waals surface area contributed by atoms with Gasteiger partial charge in [0.2, 0.25) is 11.9 Å². The quantitative estimate of drug-likeness (QED) is 0.753. The molecule has 3 rings (SSSR count). The molecule has 9 heteroatoms. The Morgan fingerprint density at radius 2 is 2.00 bits per heavy atom. The van der Waals surface area contributed by atoms with Gasteiger partial charge in [0.1, 0.15) is 17.0 Å². The summed E-state index contributed by atoms with van der Waals surface area (Å²) in [5, 5.41) is 9.55. The Balaban J connectivity index is 2.16. The van der Waals surface area contributed by atoms with Gasteiger partial charge in [-0.1, -0.05) is 18.0 Å². The fourth-order valence-corrected chi connectivity index (χ4v) is 3.77. The summed E-state index contributed by atoms with van der Waals surface area (Å²) in [5.41, 5.74) is 11.8. The average molecular weight is 366 g/mol. The zero-order chi connectivity index (χ0) is 18.2. The fourth-order valence-electron chi connectivity index (χ4n) is 3.52. The number of methoxy groups -OCH3 is 1. The first-order valence-corrected chi connectivity index (χ1v) is 8.36. The van der Waals surface area contributed by atoms with E-state index in [9.17, 15) is 9.90 Å². The van der Waals surface area contributed by atoms with E-state index >= 15 is 0 Å². The van der Waals surface area contributed by atoms with Crippen molar-refractivity contribution in [3.8, 4) is 5.75 Å². The van der Waals surface area contributed by atoms with Crippen molar-refractivity contribution < 1.29 is 14.6 Å². The van der Waals surface area contributed by atoms with E-state index in [4.69, 9.17) is 27.8 Å². The van der Waals surface area contributed by atoms with Crippen molar-refractivity contribution in [1.82, 2.24) is 0 Å². The van der Waals surface area contributed by atoms with Crippen molar-refractivity contribution in [2.24, 2.45) is 21.5 Å². The Hall–Kier alpha value is -2.48. The molecule has 0 unspecified atom stereocenters. The molecule has 2 aliphatic rings. The maximum atomic E-state index is 11.4. The minimum absolute atomic E-state index is 0.0236. The Kier molecular flexibility index (Phi) is 4.47. The lowest BCUT2D eigenvalue weighted by Crippen LogP contribution is -2.58. The van der Waals surface area contributed by atoms with Crippen LogP contribution in [0.5, 0.6) is 5.75 Å². The molecule has 0 bridgehead atoms. The highest BCUT2D eigenvalue weighted by Crippen LogP contribution is 2.43. The number of benzene rings is 1. The van der Waals surface area contributed by atoms with Gasteiger partial charge in [0, 0.05) is 6.07 Å². The fraction of sp³-hybridized carbons (Fsp3) is 0.438. The van der Waals surface area contributed by atoms with Crippen LogP contribution in [-0.4, -0.2) is 35.8 Å². The van der Waals surface area contributed by atoms with Gasteiger partial charge in [-0.2, -0.15) is 4.99 Å². The van der Waals surface area contributed by atoms with Crippen LogP contribution in [-0.2, 0) is 0 Å². The number of rotatable bonds is 3. The van der Waals surface area contributed by atoms with Crippen LogP contribution in [0.25, 0.3) is 0 Å². The minimum atomic E-state index is -1.12. The molecule has 0 atom stereocenters. The molecule has 1 aromatic carbocycles. The molecule has 1 saturated carbocycles. The number of nitrogens with two attached hydrogens (primary N) is 2. The van der Waals surface area contributed by atoms with Gasteiger partial charge >= 0.3 is 5.97 Å². The summed E-state index contributed by atoms with van der Waals surface area (Å²) >= 11 is 6.39. The predicted molar refractivity (Wildman–Crippen MR) is 96.5 cm³/mol. The molecule has 1 heterocycles. The molecular weight excluding hydrogens is 346 g/mol. The van der Waals surface area contributed by atoms with Gasteiger partial charge in [0.25, 0.3) is 0 Å².